The summed E-state index contributed by atoms with van der Waals surface area (Å²) in [6.45, 7) is 5.79. The number of carbonyl (C=O) groups is 2. The fourth-order valence-electron chi connectivity index (χ4n) is 3.19. The Balaban J connectivity index is 0.00000243. The number of amides is 2. The summed E-state index contributed by atoms with van der Waals surface area (Å²) >= 11 is 0. The molecule has 2 fully saturated rings. The molecule has 2 amide bonds. The van der Waals surface area contributed by atoms with Gasteiger partial charge < -0.3 is 15.1 Å². The number of benzene rings is 1. The van der Waals surface area contributed by atoms with Crippen LogP contribution in [0.4, 0.5) is 5.69 Å². The van der Waals surface area contributed by atoms with Gasteiger partial charge in [0.2, 0.25) is 5.91 Å². The van der Waals surface area contributed by atoms with Crippen LogP contribution in [0.5, 0.6) is 0 Å². The molecule has 0 spiro atoms. The molecular formula is C17H23ClN4O4. The maximum Gasteiger partial charge on any atom is 0.269 e. The van der Waals surface area contributed by atoms with E-state index in [4.69, 9.17) is 0 Å². The molecule has 0 aliphatic carbocycles. The Morgan fingerprint density at radius 3 is 2.12 bits per heavy atom. The molecule has 1 atom stereocenters. The van der Waals surface area contributed by atoms with Crippen LogP contribution in [0.3, 0.4) is 0 Å². The van der Waals surface area contributed by atoms with Crippen molar-refractivity contribution in [2.24, 2.45) is 11.8 Å². The largest absolute Gasteiger partial charge is 0.339 e. The van der Waals surface area contributed by atoms with Crippen molar-refractivity contribution in [3.05, 3.63) is 39.9 Å². The third-order valence-corrected chi connectivity index (χ3v) is 5.11. The highest BCUT2D eigenvalue weighted by Gasteiger charge is 2.33. The molecule has 8 nitrogen and oxygen atoms in total. The minimum atomic E-state index is -0.489. The van der Waals surface area contributed by atoms with E-state index in [1.54, 1.807) is 4.90 Å². The van der Waals surface area contributed by atoms with Crippen LogP contribution in [-0.2, 0) is 4.79 Å². The SMILES string of the molecule is CC(C(=O)N1CCN(C(=O)c2ccc([N+](=O)[O-])cc2)CC1)C1CNC1.Cl. The molecule has 1 aromatic carbocycles. The first-order chi connectivity index (χ1) is 12.0. The molecule has 0 aromatic heterocycles. The third-order valence-electron chi connectivity index (χ3n) is 5.11. The molecular weight excluding hydrogens is 360 g/mol. The van der Waals surface area contributed by atoms with E-state index in [2.05, 4.69) is 5.32 Å². The number of piperazine rings is 1. The summed E-state index contributed by atoms with van der Waals surface area (Å²) in [6.07, 6.45) is 0. The van der Waals surface area contributed by atoms with Gasteiger partial charge in [-0.25, -0.2) is 0 Å². The van der Waals surface area contributed by atoms with Gasteiger partial charge in [0, 0.05) is 49.8 Å². The molecule has 0 bridgehead atoms. The van der Waals surface area contributed by atoms with Gasteiger partial charge in [-0.05, 0) is 31.1 Å². The molecule has 0 saturated carbocycles. The molecule has 2 saturated heterocycles. The maximum absolute atomic E-state index is 12.5. The van der Waals surface area contributed by atoms with Crippen molar-refractivity contribution in [2.45, 2.75) is 6.92 Å². The lowest BCUT2D eigenvalue weighted by molar-refractivity contribution is -0.384. The summed E-state index contributed by atoms with van der Waals surface area (Å²) in [5.74, 6) is 0.428. The molecule has 26 heavy (non-hydrogen) atoms. The standard InChI is InChI=1S/C17H22N4O4.ClH/c1-12(14-10-18-11-14)16(22)19-6-8-20(9-7-19)17(23)13-2-4-15(5-3-13)21(24)25;/h2-5,12,14,18H,6-11H2,1H3;1H. The quantitative estimate of drug-likeness (QED) is 0.622. The molecule has 1 aromatic rings. The molecule has 1 unspecified atom stereocenters. The average molecular weight is 383 g/mol. The maximum atomic E-state index is 12.5. The normalized spacial score (nSPS) is 18.5. The van der Waals surface area contributed by atoms with Crippen LogP contribution in [-0.4, -0.2) is 65.8 Å². The Morgan fingerprint density at radius 1 is 1.12 bits per heavy atom. The Labute approximate surface area is 158 Å². The van der Waals surface area contributed by atoms with Crippen molar-refractivity contribution in [1.29, 1.82) is 0 Å². The minimum absolute atomic E-state index is 0. The predicted octanol–water partition coefficient (Wildman–Crippen LogP) is 1.16. The second-order valence-corrected chi connectivity index (χ2v) is 6.63. The van der Waals surface area contributed by atoms with Crippen LogP contribution in [0.25, 0.3) is 0 Å². The van der Waals surface area contributed by atoms with Gasteiger partial charge >= 0.3 is 0 Å². The van der Waals surface area contributed by atoms with E-state index in [0.29, 0.717) is 37.7 Å². The predicted molar refractivity (Wildman–Crippen MR) is 98.4 cm³/mol. The lowest BCUT2D eigenvalue weighted by Crippen LogP contribution is -2.55. The van der Waals surface area contributed by atoms with E-state index in [1.807, 2.05) is 11.8 Å². The number of nitro benzene ring substituents is 1. The topological polar surface area (TPSA) is 95.8 Å². The molecule has 1 N–H and O–H groups in total. The molecule has 0 radical (unpaired) electrons. The number of carbonyl (C=O) groups excluding carboxylic acids is 2. The first-order valence-corrected chi connectivity index (χ1v) is 8.50. The summed E-state index contributed by atoms with van der Waals surface area (Å²) in [5, 5.41) is 13.9. The zero-order valence-electron chi connectivity index (χ0n) is 14.6. The second kappa shape index (κ2) is 8.46. The number of non-ortho nitro benzene ring substituents is 1. The van der Waals surface area contributed by atoms with Crippen LogP contribution in [0.1, 0.15) is 17.3 Å². The van der Waals surface area contributed by atoms with E-state index in [1.165, 1.54) is 24.3 Å². The minimum Gasteiger partial charge on any atom is -0.339 e. The number of nitrogens with one attached hydrogen (secondary N) is 1. The number of halogens is 1. The van der Waals surface area contributed by atoms with Crippen molar-refractivity contribution >= 4 is 29.9 Å². The average Bonchev–Trinajstić information content (AvgIpc) is 2.59. The summed E-state index contributed by atoms with van der Waals surface area (Å²) < 4.78 is 0. The Morgan fingerprint density at radius 2 is 1.65 bits per heavy atom. The lowest BCUT2D eigenvalue weighted by atomic mass is 9.88. The fraction of sp³-hybridized carbons (Fsp3) is 0.529. The van der Waals surface area contributed by atoms with Crippen LogP contribution >= 0.6 is 12.4 Å². The van der Waals surface area contributed by atoms with E-state index >= 15 is 0 Å². The van der Waals surface area contributed by atoms with Gasteiger partial charge in [0.05, 0.1) is 4.92 Å². The lowest BCUT2D eigenvalue weighted by Gasteiger charge is -2.39. The van der Waals surface area contributed by atoms with Crippen LogP contribution in [0.15, 0.2) is 24.3 Å². The van der Waals surface area contributed by atoms with Gasteiger partial charge in [0.1, 0.15) is 0 Å². The van der Waals surface area contributed by atoms with Crippen molar-refractivity contribution < 1.29 is 14.5 Å². The molecule has 142 valence electrons. The van der Waals surface area contributed by atoms with Crippen LogP contribution < -0.4 is 5.32 Å². The highest BCUT2D eigenvalue weighted by Crippen LogP contribution is 2.20. The third kappa shape index (κ3) is 4.13. The Kier molecular flexibility index (Phi) is 6.55. The first-order valence-electron chi connectivity index (χ1n) is 8.50. The van der Waals surface area contributed by atoms with Crippen LogP contribution in [0, 0.1) is 22.0 Å². The summed E-state index contributed by atoms with van der Waals surface area (Å²) in [7, 11) is 0. The van der Waals surface area contributed by atoms with Crippen LogP contribution in [0.2, 0.25) is 0 Å². The number of nitro groups is 1. The van der Waals surface area contributed by atoms with Gasteiger partial charge in [-0.3, -0.25) is 19.7 Å². The van der Waals surface area contributed by atoms with Gasteiger partial charge in [-0.2, -0.15) is 0 Å². The van der Waals surface area contributed by atoms with Gasteiger partial charge in [0.15, 0.2) is 0 Å². The molecule has 9 heteroatoms. The van der Waals surface area contributed by atoms with Crippen molar-refractivity contribution in [2.75, 3.05) is 39.3 Å². The second-order valence-electron chi connectivity index (χ2n) is 6.63. The van der Waals surface area contributed by atoms with Gasteiger partial charge in [-0.15, -0.1) is 12.4 Å². The molecule has 3 rings (SSSR count). The monoisotopic (exact) mass is 382 g/mol. The smallest absolute Gasteiger partial charge is 0.269 e. The number of nitrogens with zero attached hydrogens (tertiary/aromatic N) is 3. The zero-order chi connectivity index (χ0) is 18.0. The van der Waals surface area contributed by atoms with E-state index in [9.17, 15) is 19.7 Å². The number of hydrogen-bond acceptors (Lipinski definition) is 5. The summed E-state index contributed by atoms with van der Waals surface area (Å²) in [6, 6.07) is 5.62. The van der Waals surface area contributed by atoms with Crippen molar-refractivity contribution in [3.8, 4) is 0 Å². The Bertz CT molecular complexity index is 670. The van der Waals surface area contributed by atoms with Crippen molar-refractivity contribution in [3.63, 3.8) is 0 Å². The Hall–Kier alpha value is -2.19. The fourth-order valence-corrected chi connectivity index (χ4v) is 3.19. The van der Waals surface area contributed by atoms with Gasteiger partial charge in [-0.1, -0.05) is 6.92 Å². The number of rotatable bonds is 4. The van der Waals surface area contributed by atoms with E-state index in [0.717, 1.165) is 13.1 Å². The van der Waals surface area contributed by atoms with Crippen molar-refractivity contribution in [1.82, 2.24) is 15.1 Å². The zero-order valence-corrected chi connectivity index (χ0v) is 15.4. The van der Waals surface area contributed by atoms with Gasteiger partial charge in [0.25, 0.3) is 11.6 Å². The molecule has 2 aliphatic heterocycles. The molecule has 2 aliphatic rings. The highest BCUT2D eigenvalue weighted by molar-refractivity contribution is 5.94. The summed E-state index contributed by atoms with van der Waals surface area (Å²) in [5.41, 5.74) is 0.394. The number of hydrogen-bond donors (Lipinski definition) is 1. The molecule has 2 heterocycles. The van der Waals surface area contributed by atoms with E-state index in [-0.39, 0.29) is 35.8 Å². The summed E-state index contributed by atoms with van der Waals surface area (Å²) in [4.78, 5) is 38.7. The first kappa shape index (κ1) is 20.1. The van der Waals surface area contributed by atoms with E-state index < -0.39 is 4.92 Å². The highest BCUT2D eigenvalue weighted by atomic mass is 35.5.